The van der Waals surface area contributed by atoms with Gasteiger partial charge in [0.05, 0.1) is 0 Å². The smallest absolute Gasteiger partial charge is 0.253 e. The Kier molecular flexibility index (Phi) is 3.86. The van der Waals surface area contributed by atoms with E-state index in [-0.39, 0.29) is 11.7 Å². The summed E-state index contributed by atoms with van der Waals surface area (Å²) in [6, 6.07) is 13.3. The lowest BCUT2D eigenvalue weighted by molar-refractivity contribution is 0.0652. The van der Waals surface area contributed by atoms with Crippen LogP contribution >= 0.6 is 0 Å². The number of carbonyl (C=O) groups is 1. The first kappa shape index (κ1) is 13.6. The van der Waals surface area contributed by atoms with Gasteiger partial charge in [-0.1, -0.05) is 12.1 Å². The molecule has 4 heteroatoms. The first-order chi connectivity index (χ1) is 10.2. The average Bonchev–Trinajstić information content (AvgIpc) is 2.45. The summed E-state index contributed by atoms with van der Waals surface area (Å²) in [4.78, 5) is 13.8. The number of ether oxygens (including phenoxy) is 1. The van der Waals surface area contributed by atoms with E-state index >= 15 is 0 Å². The molecule has 0 aromatic heterocycles. The lowest BCUT2D eigenvalue weighted by Gasteiger charge is -2.30. The molecule has 3 rings (SSSR count). The molecular formula is C17H16FNO2. The summed E-state index contributed by atoms with van der Waals surface area (Å²) in [5.74, 6) is 0.512. The number of rotatable bonds is 4. The summed E-state index contributed by atoms with van der Waals surface area (Å²) in [6.45, 7) is 2.07. The van der Waals surface area contributed by atoms with Crippen LogP contribution in [0.15, 0.2) is 48.5 Å². The molecule has 1 heterocycles. The molecule has 1 fully saturated rings. The van der Waals surface area contributed by atoms with Crippen LogP contribution in [0.4, 0.5) is 4.39 Å². The molecule has 0 radical (unpaired) electrons. The zero-order valence-electron chi connectivity index (χ0n) is 11.6. The van der Waals surface area contributed by atoms with Crippen molar-refractivity contribution in [3.63, 3.8) is 0 Å². The van der Waals surface area contributed by atoms with Gasteiger partial charge < -0.3 is 9.64 Å². The van der Waals surface area contributed by atoms with Crippen molar-refractivity contribution in [1.82, 2.24) is 4.90 Å². The van der Waals surface area contributed by atoms with Gasteiger partial charge in [-0.3, -0.25) is 4.79 Å². The van der Waals surface area contributed by atoms with Gasteiger partial charge in [0.1, 0.15) is 18.2 Å². The van der Waals surface area contributed by atoms with E-state index in [4.69, 9.17) is 4.74 Å². The third-order valence-corrected chi connectivity index (χ3v) is 3.56. The lowest BCUT2D eigenvalue weighted by Crippen LogP contribution is -2.41. The third-order valence-electron chi connectivity index (χ3n) is 3.56. The Bertz CT molecular complexity index is 618. The zero-order chi connectivity index (χ0) is 14.7. The molecule has 2 aromatic rings. The van der Waals surface area contributed by atoms with Crippen molar-refractivity contribution in [3.05, 3.63) is 65.5 Å². The zero-order valence-corrected chi connectivity index (χ0v) is 11.6. The highest BCUT2D eigenvalue weighted by Crippen LogP contribution is 2.17. The molecule has 108 valence electrons. The first-order valence-corrected chi connectivity index (χ1v) is 6.99. The van der Waals surface area contributed by atoms with Crippen molar-refractivity contribution in [2.24, 2.45) is 0 Å². The Morgan fingerprint density at radius 1 is 1.05 bits per heavy atom. The summed E-state index contributed by atoms with van der Waals surface area (Å²) >= 11 is 0. The number of benzene rings is 2. The maximum Gasteiger partial charge on any atom is 0.253 e. The van der Waals surface area contributed by atoms with E-state index in [0.717, 1.165) is 25.1 Å². The van der Waals surface area contributed by atoms with Gasteiger partial charge in [-0.05, 0) is 48.4 Å². The molecule has 21 heavy (non-hydrogen) atoms. The van der Waals surface area contributed by atoms with Crippen LogP contribution in [0.2, 0.25) is 0 Å². The number of likely N-dealkylation sites (tertiary alicyclic amines) is 1. The molecule has 0 bridgehead atoms. The van der Waals surface area contributed by atoms with Crippen molar-refractivity contribution < 1.29 is 13.9 Å². The second-order valence-corrected chi connectivity index (χ2v) is 5.09. The maximum absolute atomic E-state index is 12.8. The average molecular weight is 285 g/mol. The Morgan fingerprint density at radius 3 is 2.29 bits per heavy atom. The molecule has 2 aromatic carbocycles. The topological polar surface area (TPSA) is 29.5 Å². The third kappa shape index (κ3) is 3.21. The highest BCUT2D eigenvalue weighted by molar-refractivity contribution is 5.94. The van der Waals surface area contributed by atoms with Crippen LogP contribution in [-0.2, 0) is 6.61 Å². The van der Waals surface area contributed by atoms with Crippen LogP contribution < -0.4 is 4.74 Å². The monoisotopic (exact) mass is 285 g/mol. The minimum absolute atomic E-state index is 0.0753. The SMILES string of the molecule is O=C(c1ccc(OCc2ccc(F)cc2)cc1)N1CCC1. The molecule has 0 aliphatic carbocycles. The van der Waals surface area contributed by atoms with Gasteiger partial charge in [0, 0.05) is 18.7 Å². The van der Waals surface area contributed by atoms with E-state index in [1.165, 1.54) is 12.1 Å². The van der Waals surface area contributed by atoms with E-state index in [2.05, 4.69) is 0 Å². The molecule has 0 spiro atoms. The number of hydrogen-bond donors (Lipinski definition) is 0. The molecule has 1 saturated heterocycles. The number of halogens is 1. The molecule has 0 unspecified atom stereocenters. The summed E-state index contributed by atoms with van der Waals surface area (Å²) in [6.07, 6.45) is 1.09. The molecule has 1 amide bonds. The van der Waals surface area contributed by atoms with E-state index in [0.29, 0.717) is 17.9 Å². The van der Waals surface area contributed by atoms with E-state index in [1.807, 2.05) is 4.90 Å². The van der Waals surface area contributed by atoms with Crippen LogP contribution in [0.5, 0.6) is 5.75 Å². The Labute approximate surface area is 123 Å². The largest absolute Gasteiger partial charge is 0.489 e. The standard InChI is InChI=1S/C17H16FNO2/c18-15-6-2-13(3-7-15)12-21-16-8-4-14(5-9-16)17(20)19-10-1-11-19/h2-9H,1,10-12H2. The quantitative estimate of drug-likeness (QED) is 0.863. The Balaban J connectivity index is 1.59. The van der Waals surface area contributed by atoms with Gasteiger partial charge >= 0.3 is 0 Å². The molecule has 1 aliphatic heterocycles. The lowest BCUT2D eigenvalue weighted by atomic mass is 10.1. The summed E-state index contributed by atoms with van der Waals surface area (Å²) in [5, 5.41) is 0. The predicted octanol–water partition coefficient (Wildman–Crippen LogP) is 3.25. The van der Waals surface area contributed by atoms with Crippen molar-refractivity contribution >= 4 is 5.91 Å². The number of hydrogen-bond acceptors (Lipinski definition) is 2. The summed E-state index contributed by atoms with van der Waals surface area (Å²) in [5.41, 5.74) is 1.58. The molecule has 0 saturated carbocycles. The highest BCUT2D eigenvalue weighted by Gasteiger charge is 2.21. The van der Waals surface area contributed by atoms with Crippen LogP contribution in [0.1, 0.15) is 22.3 Å². The summed E-state index contributed by atoms with van der Waals surface area (Å²) < 4.78 is 18.4. The van der Waals surface area contributed by atoms with Crippen LogP contribution in [0.3, 0.4) is 0 Å². The van der Waals surface area contributed by atoms with Gasteiger partial charge in [-0.25, -0.2) is 4.39 Å². The van der Waals surface area contributed by atoms with Gasteiger partial charge in [-0.15, -0.1) is 0 Å². The van der Waals surface area contributed by atoms with Crippen molar-refractivity contribution in [3.8, 4) is 5.75 Å². The van der Waals surface area contributed by atoms with Crippen molar-refractivity contribution in [2.75, 3.05) is 13.1 Å². The number of amides is 1. The molecule has 0 atom stereocenters. The van der Waals surface area contributed by atoms with Crippen LogP contribution in [-0.4, -0.2) is 23.9 Å². The minimum Gasteiger partial charge on any atom is -0.489 e. The first-order valence-electron chi connectivity index (χ1n) is 6.99. The van der Waals surface area contributed by atoms with Gasteiger partial charge in [0.25, 0.3) is 5.91 Å². The van der Waals surface area contributed by atoms with E-state index < -0.39 is 0 Å². The minimum atomic E-state index is -0.257. The van der Waals surface area contributed by atoms with Gasteiger partial charge in [-0.2, -0.15) is 0 Å². The fraction of sp³-hybridized carbons (Fsp3) is 0.235. The highest BCUT2D eigenvalue weighted by atomic mass is 19.1. The molecule has 0 N–H and O–H groups in total. The maximum atomic E-state index is 12.8. The van der Waals surface area contributed by atoms with E-state index in [1.54, 1.807) is 36.4 Å². The molecular weight excluding hydrogens is 269 g/mol. The summed E-state index contributed by atoms with van der Waals surface area (Å²) in [7, 11) is 0. The molecule has 3 nitrogen and oxygen atoms in total. The van der Waals surface area contributed by atoms with Crippen molar-refractivity contribution in [1.29, 1.82) is 0 Å². The fourth-order valence-corrected chi connectivity index (χ4v) is 2.14. The van der Waals surface area contributed by atoms with Crippen molar-refractivity contribution in [2.45, 2.75) is 13.0 Å². The number of nitrogens with zero attached hydrogens (tertiary/aromatic N) is 1. The second kappa shape index (κ2) is 5.95. The Morgan fingerprint density at radius 2 is 1.71 bits per heavy atom. The predicted molar refractivity (Wildman–Crippen MR) is 77.7 cm³/mol. The molecule has 1 aliphatic rings. The van der Waals surface area contributed by atoms with Crippen LogP contribution in [0.25, 0.3) is 0 Å². The van der Waals surface area contributed by atoms with Crippen LogP contribution in [0, 0.1) is 5.82 Å². The van der Waals surface area contributed by atoms with Gasteiger partial charge in [0.15, 0.2) is 0 Å². The second-order valence-electron chi connectivity index (χ2n) is 5.09. The van der Waals surface area contributed by atoms with Gasteiger partial charge in [0.2, 0.25) is 0 Å². The number of carbonyl (C=O) groups excluding carboxylic acids is 1. The normalized spacial score (nSPS) is 13.7. The van der Waals surface area contributed by atoms with E-state index in [9.17, 15) is 9.18 Å². The Hall–Kier alpha value is -2.36. The fourth-order valence-electron chi connectivity index (χ4n) is 2.14.